The number of nitrogens with zero attached hydrogens (tertiary/aromatic N) is 1. The summed E-state index contributed by atoms with van der Waals surface area (Å²) >= 11 is 0. The highest BCUT2D eigenvalue weighted by atomic mass is 16.4. The second kappa shape index (κ2) is 3.72. The smallest absolute Gasteiger partial charge is 0.352 e. The summed E-state index contributed by atoms with van der Waals surface area (Å²) in [4.78, 5) is 11.2. The Bertz CT molecular complexity index is 404. The summed E-state index contributed by atoms with van der Waals surface area (Å²) in [6.45, 7) is 2.04. The standard InChI is InChI=1S/C12H17NO2/c1-3-8-9-6-4-5-7-10(9)13(2)11(8)12(14)15/h3-7H2,1-2H3,(H,14,15). The highest BCUT2D eigenvalue weighted by Crippen LogP contribution is 2.29. The van der Waals surface area contributed by atoms with Crippen molar-refractivity contribution in [2.45, 2.75) is 39.0 Å². The van der Waals surface area contributed by atoms with Gasteiger partial charge in [-0.1, -0.05) is 6.92 Å². The Morgan fingerprint density at radius 1 is 1.40 bits per heavy atom. The topological polar surface area (TPSA) is 42.2 Å². The highest BCUT2D eigenvalue weighted by molar-refractivity contribution is 5.88. The van der Waals surface area contributed by atoms with Crippen molar-refractivity contribution >= 4 is 5.97 Å². The maximum Gasteiger partial charge on any atom is 0.352 e. The second-order valence-corrected chi connectivity index (χ2v) is 4.18. The Hall–Kier alpha value is -1.25. The normalized spacial score (nSPS) is 15.1. The average molecular weight is 207 g/mol. The van der Waals surface area contributed by atoms with Crippen molar-refractivity contribution < 1.29 is 9.90 Å². The van der Waals surface area contributed by atoms with E-state index >= 15 is 0 Å². The number of aromatic carboxylic acids is 1. The van der Waals surface area contributed by atoms with E-state index in [0.29, 0.717) is 5.69 Å². The van der Waals surface area contributed by atoms with Crippen LogP contribution in [0.3, 0.4) is 0 Å². The fraction of sp³-hybridized carbons (Fsp3) is 0.583. The van der Waals surface area contributed by atoms with Crippen LogP contribution in [0.25, 0.3) is 0 Å². The first-order chi connectivity index (χ1) is 7.16. The third kappa shape index (κ3) is 1.46. The molecule has 0 fully saturated rings. The Kier molecular flexibility index (Phi) is 2.55. The van der Waals surface area contributed by atoms with Crippen molar-refractivity contribution in [3.63, 3.8) is 0 Å². The molecular formula is C12H17NO2. The van der Waals surface area contributed by atoms with E-state index in [-0.39, 0.29) is 0 Å². The van der Waals surface area contributed by atoms with E-state index in [4.69, 9.17) is 0 Å². The predicted molar refractivity (Wildman–Crippen MR) is 58.4 cm³/mol. The Morgan fingerprint density at radius 2 is 2.07 bits per heavy atom. The Labute approximate surface area is 89.7 Å². The molecule has 0 spiro atoms. The lowest BCUT2D eigenvalue weighted by Crippen LogP contribution is -2.09. The molecule has 0 atom stereocenters. The first kappa shape index (κ1) is 10.3. The average Bonchev–Trinajstić information content (AvgIpc) is 2.52. The molecule has 0 saturated carbocycles. The van der Waals surface area contributed by atoms with Crippen LogP contribution in [0.4, 0.5) is 0 Å². The molecule has 3 heteroatoms. The predicted octanol–water partition coefficient (Wildman–Crippen LogP) is 2.16. The summed E-state index contributed by atoms with van der Waals surface area (Å²) < 4.78 is 1.88. The highest BCUT2D eigenvalue weighted by Gasteiger charge is 2.25. The minimum atomic E-state index is -0.788. The van der Waals surface area contributed by atoms with Gasteiger partial charge in [0.05, 0.1) is 0 Å². The van der Waals surface area contributed by atoms with Crippen molar-refractivity contribution in [1.82, 2.24) is 4.57 Å². The van der Waals surface area contributed by atoms with Gasteiger partial charge in [0.2, 0.25) is 0 Å². The van der Waals surface area contributed by atoms with E-state index in [1.54, 1.807) is 0 Å². The van der Waals surface area contributed by atoms with Crippen LogP contribution in [0.15, 0.2) is 0 Å². The van der Waals surface area contributed by atoms with Crippen LogP contribution in [0, 0.1) is 0 Å². The fourth-order valence-electron chi connectivity index (χ4n) is 2.72. The lowest BCUT2D eigenvalue weighted by atomic mass is 9.93. The van der Waals surface area contributed by atoms with E-state index in [9.17, 15) is 9.90 Å². The Balaban J connectivity index is 2.64. The quantitative estimate of drug-likeness (QED) is 0.807. The third-order valence-electron chi connectivity index (χ3n) is 3.39. The second-order valence-electron chi connectivity index (χ2n) is 4.18. The van der Waals surface area contributed by atoms with Gasteiger partial charge >= 0.3 is 5.97 Å². The van der Waals surface area contributed by atoms with Gasteiger partial charge in [0.25, 0.3) is 0 Å². The van der Waals surface area contributed by atoms with Gasteiger partial charge in [0, 0.05) is 12.7 Å². The van der Waals surface area contributed by atoms with E-state index < -0.39 is 5.97 Å². The van der Waals surface area contributed by atoms with Crippen LogP contribution in [0.5, 0.6) is 0 Å². The van der Waals surface area contributed by atoms with Crippen LogP contribution in [0.2, 0.25) is 0 Å². The molecule has 1 aliphatic rings. The van der Waals surface area contributed by atoms with Crippen molar-refractivity contribution in [3.05, 3.63) is 22.5 Å². The van der Waals surface area contributed by atoms with Crippen LogP contribution >= 0.6 is 0 Å². The summed E-state index contributed by atoms with van der Waals surface area (Å²) in [5.74, 6) is -0.788. The molecule has 0 aromatic carbocycles. The summed E-state index contributed by atoms with van der Waals surface area (Å²) in [7, 11) is 1.88. The molecule has 1 aromatic rings. The zero-order valence-corrected chi connectivity index (χ0v) is 9.34. The van der Waals surface area contributed by atoms with Crippen LogP contribution in [-0.4, -0.2) is 15.6 Å². The van der Waals surface area contributed by atoms with E-state index in [2.05, 4.69) is 0 Å². The summed E-state index contributed by atoms with van der Waals surface area (Å²) in [5.41, 5.74) is 4.11. The molecule has 15 heavy (non-hydrogen) atoms. The summed E-state index contributed by atoms with van der Waals surface area (Å²) in [5, 5.41) is 9.21. The van der Waals surface area contributed by atoms with E-state index in [0.717, 1.165) is 24.8 Å². The van der Waals surface area contributed by atoms with Crippen LogP contribution in [0.1, 0.15) is 47.1 Å². The molecule has 2 rings (SSSR count). The van der Waals surface area contributed by atoms with Gasteiger partial charge in [-0.15, -0.1) is 0 Å². The molecule has 0 amide bonds. The van der Waals surface area contributed by atoms with E-state index in [1.165, 1.54) is 24.1 Å². The zero-order chi connectivity index (χ0) is 11.0. The minimum Gasteiger partial charge on any atom is -0.477 e. The molecular weight excluding hydrogens is 190 g/mol. The molecule has 0 saturated heterocycles. The van der Waals surface area contributed by atoms with Gasteiger partial charge in [-0.05, 0) is 43.2 Å². The van der Waals surface area contributed by atoms with Gasteiger partial charge in [-0.25, -0.2) is 4.79 Å². The fourth-order valence-corrected chi connectivity index (χ4v) is 2.72. The molecule has 0 radical (unpaired) electrons. The first-order valence-corrected chi connectivity index (χ1v) is 5.59. The van der Waals surface area contributed by atoms with Crippen LogP contribution < -0.4 is 0 Å². The summed E-state index contributed by atoms with van der Waals surface area (Å²) in [6.07, 6.45) is 5.30. The molecule has 1 aliphatic carbocycles. The molecule has 1 N–H and O–H groups in total. The summed E-state index contributed by atoms with van der Waals surface area (Å²) in [6, 6.07) is 0. The lowest BCUT2D eigenvalue weighted by Gasteiger charge is -2.13. The number of carboxylic acids is 1. The van der Waals surface area contributed by atoms with Gasteiger partial charge < -0.3 is 9.67 Å². The number of rotatable bonds is 2. The largest absolute Gasteiger partial charge is 0.477 e. The van der Waals surface area contributed by atoms with E-state index in [1.807, 2.05) is 18.5 Å². The molecule has 0 aliphatic heterocycles. The van der Waals surface area contributed by atoms with Gasteiger partial charge in [0.1, 0.15) is 5.69 Å². The number of hydrogen-bond acceptors (Lipinski definition) is 1. The monoisotopic (exact) mass is 207 g/mol. The first-order valence-electron chi connectivity index (χ1n) is 5.59. The number of aromatic nitrogens is 1. The maximum atomic E-state index is 11.2. The molecule has 1 heterocycles. The van der Waals surface area contributed by atoms with Crippen LogP contribution in [-0.2, 0) is 26.3 Å². The lowest BCUT2D eigenvalue weighted by molar-refractivity contribution is 0.0685. The molecule has 82 valence electrons. The van der Waals surface area contributed by atoms with Gasteiger partial charge in [-0.2, -0.15) is 0 Å². The molecule has 3 nitrogen and oxygen atoms in total. The zero-order valence-electron chi connectivity index (χ0n) is 9.34. The molecule has 1 aromatic heterocycles. The third-order valence-corrected chi connectivity index (χ3v) is 3.39. The number of carboxylic acid groups (broad SMARTS) is 1. The number of fused-ring (bicyclic) bond motifs is 1. The van der Waals surface area contributed by atoms with Crippen molar-refractivity contribution in [2.24, 2.45) is 7.05 Å². The molecule has 0 unspecified atom stereocenters. The number of carbonyl (C=O) groups is 1. The van der Waals surface area contributed by atoms with Gasteiger partial charge in [0.15, 0.2) is 0 Å². The number of hydrogen-bond donors (Lipinski definition) is 1. The Morgan fingerprint density at radius 3 is 2.67 bits per heavy atom. The van der Waals surface area contributed by atoms with Crippen molar-refractivity contribution in [1.29, 1.82) is 0 Å². The minimum absolute atomic E-state index is 0.504. The van der Waals surface area contributed by atoms with Crippen molar-refractivity contribution in [2.75, 3.05) is 0 Å². The van der Waals surface area contributed by atoms with Gasteiger partial charge in [-0.3, -0.25) is 0 Å². The SMILES string of the molecule is CCc1c2c(n(C)c1C(=O)O)CCCC2. The maximum absolute atomic E-state index is 11.2. The van der Waals surface area contributed by atoms with Crippen molar-refractivity contribution in [3.8, 4) is 0 Å². The molecule has 0 bridgehead atoms.